The summed E-state index contributed by atoms with van der Waals surface area (Å²) in [4.78, 5) is 12.5. The molecule has 0 radical (unpaired) electrons. The van der Waals surface area contributed by atoms with Gasteiger partial charge < -0.3 is 0 Å². The van der Waals surface area contributed by atoms with Gasteiger partial charge >= 0.3 is 0 Å². The molecule has 0 fully saturated rings. The van der Waals surface area contributed by atoms with Crippen molar-refractivity contribution in [2.45, 2.75) is 31.6 Å². The highest BCUT2D eigenvalue weighted by atomic mass is 32.2. The number of ketones is 1. The van der Waals surface area contributed by atoms with Crippen LogP contribution in [0.25, 0.3) is 0 Å². The average Bonchev–Trinajstić information content (AvgIpc) is 2.34. The highest BCUT2D eigenvalue weighted by Crippen LogP contribution is 2.17. The fourth-order valence-electron chi connectivity index (χ4n) is 1.16. The fourth-order valence-corrected chi connectivity index (χ4v) is 2.04. The SMILES string of the molecule is CC(C)C(=O)C#CCCCSc1ccccc1. The van der Waals surface area contributed by atoms with Crippen molar-refractivity contribution in [1.82, 2.24) is 0 Å². The Hall–Kier alpha value is -1.20. The van der Waals surface area contributed by atoms with Gasteiger partial charge in [0, 0.05) is 17.2 Å². The van der Waals surface area contributed by atoms with Crippen LogP contribution in [-0.4, -0.2) is 11.5 Å². The first-order valence-corrected chi connectivity index (χ1v) is 6.89. The topological polar surface area (TPSA) is 17.1 Å². The Labute approximate surface area is 108 Å². The van der Waals surface area contributed by atoms with Crippen molar-refractivity contribution < 1.29 is 4.79 Å². The van der Waals surface area contributed by atoms with Crippen LogP contribution in [0.2, 0.25) is 0 Å². The van der Waals surface area contributed by atoms with Crippen LogP contribution in [-0.2, 0) is 4.79 Å². The normalized spacial score (nSPS) is 9.82. The maximum atomic E-state index is 11.2. The lowest BCUT2D eigenvalue weighted by Crippen LogP contribution is -2.02. The summed E-state index contributed by atoms with van der Waals surface area (Å²) in [5.41, 5.74) is 0. The van der Waals surface area contributed by atoms with E-state index in [1.807, 2.05) is 43.8 Å². The maximum absolute atomic E-state index is 11.2. The van der Waals surface area contributed by atoms with Crippen molar-refractivity contribution in [3.8, 4) is 11.8 Å². The van der Waals surface area contributed by atoms with E-state index in [0.29, 0.717) is 0 Å². The minimum Gasteiger partial charge on any atom is -0.285 e. The molecule has 90 valence electrons. The van der Waals surface area contributed by atoms with Gasteiger partial charge in [0.05, 0.1) is 0 Å². The lowest BCUT2D eigenvalue weighted by Gasteiger charge is -1.98. The van der Waals surface area contributed by atoms with Gasteiger partial charge in [0.1, 0.15) is 0 Å². The van der Waals surface area contributed by atoms with Gasteiger partial charge in [-0.25, -0.2) is 0 Å². The molecule has 0 atom stereocenters. The number of thioether (sulfide) groups is 1. The summed E-state index contributed by atoms with van der Waals surface area (Å²) in [6.45, 7) is 3.75. The van der Waals surface area contributed by atoms with Crippen molar-refractivity contribution >= 4 is 17.5 Å². The highest BCUT2D eigenvalue weighted by Gasteiger charge is 2.00. The van der Waals surface area contributed by atoms with Gasteiger partial charge in [0.2, 0.25) is 5.78 Å². The van der Waals surface area contributed by atoms with Crippen molar-refractivity contribution in [1.29, 1.82) is 0 Å². The third-order valence-electron chi connectivity index (χ3n) is 2.19. The van der Waals surface area contributed by atoms with E-state index in [2.05, 4.69) is 24.0 Å². The second kappa shape index (κ2) is 7.97. The van der Waals surface area contributed by atoms with E-state index in [-0.39, 0.29) is 11.7 Å². The molecular weight excluding hydrogens is 228 g/mol. The smallest absolute Gasteiger partial charge is 0.207 e. The molecule has 0 bridgehead atoms. The van der Waals surface area contributed by atoms with Crippen molar-refractivity contribution in [3.63, 3.8) is 0 Å². The summed E-state index contributed by atoms with van der Waals surface area (Å²) < 4.78 is 0. The van der Waals surface area contributed by atoms with Crippen LogP contribution < -0.4 is 0 Å². The minimum atomic E-state index is 0.0289. The molecule has 0 spiro atoms. The summed E-state index contributed by atoms with van der Waals surface area (Å²) in [6.07, 6.45) is 1.83. The zero-order valence-electron chi connectivity index (χ0n) is 10.4. The molecule has 0 N–H and O–H groups in total. The molecule has 0 saturated carbocycles. The Morgan fingerprint density at radius 1 is 1.29 bits per heavy atom. The van der Waals surface area contributed by atoms with E-state index in [4.69, 9.17) is 0 Å². The van der Waals surface area contributed by atoms with E-state index < -0.39 is 0 Å². The molecular formula is C15H18OS. The lowest BCUT2D eigenvalue weighted by atomic mass is 10.1. The van der Waals surface area contributed by atoms with Crippen LogP contribution in [0.4, 0.5) is 0 Å². The Bertz CT molecular complexity index is 398. The van der Waals surface area contributed by atoms with Crippen molar-refractivity contribution in [2.24, 2.45) is 5.92 Å². The van der Waals surface area contributed by atoms with Gasteiger partial charge in [0.15, 0.2) is 0 Å². The van der Waals surface area contributed by atoms with Crippen molar-refractivity contribution in [2.75, 3.05) is 5.75 Å². The van der Waals surface area contributed by atoms with Gasteiger partial charge in [-0.15, -0.1) is 11.8 Å². The van der Waals surface area contributed by atoms with Gasteiger partial charge in [-0.3, -0.25) is 4.79 Å². The number of unbranched alkanes of at least 4 members (excludes halogenated alkanes) is 1. The van der Waals surface area contributed by atoms with Gasteiger partial charge in [-0.05, 0) is 30.2 Å². The summed E-state index contributed by atoms with van der Waals surface area (Å²) in [6, 6.07) is 10.3. The van der Waals surface area contributed by atoms with E-state index >= 15 is 0 Å². The molecule has 0 heterocycles. The Morgan fingerprint density at radius 3 is 2.65 bits per heavy atom. The fraction of sp³-hybridized carbons (Fsp3) is 0.400. The minimum absolute atomic E-state index is 0.0289. The molecule has 1 aromatic rings. The monoisotopic (exact) mass is 246 g/mol. The summed E-state index contributed by atoms with van der Waals surface area (Å²) >= 11 is 1.83. The lowest BCUT2D eigenvalue weighted by molar-refractivity contribution is -0.116. The van der Waals surface area contributed by atoms with E-state index in [1.54, 1.807) is 0 Å². The molecule has 0 unspecified atom stereocenters. The zero-order chi connectivity index (χ0) is 12.5. The summed E-state index contributed by atoms with van der Waals surface area (Å²) in [5.74, 6) is 6.74. The predicted octanol–water partition coefficient (Wildman–Crippen LogP) is 3.79. The quantitative estimate of drug-likeness (QED) is 0.340. The second-order valence-corrected chi connectivity index (χ2v) is 5.25. The molecule has 1 nitrogen and oxygen atoms in total. The first kappa shape index (κ1) is 13.9. The number of rotatable bonds is 5. The van der Waals surface area contributed by atoms with Crippen LogP contribution in [0, 0.1) is 17.8 Å². The first-order chi connectivity index (χ1) is 8.20. The molecule has 1 aromatic carbocycles. The first-order valence-electron chi connectivity index (χ1n) is 5.90. The molecule has 0 aliphatic heterocycles. The van der Waals surface area contributed by atoms with Gasteiger partial charge in [0.25, 0.3) is 0 Å². The van der Waals surface area contributed by atoms with Crippen LogP contribution in [0.15, 0.2) is 35.2 Å². The molecule has 0 aliphatic rings. The zero-order valence-corrected chi connectivity index (χ0v) is 11.2. The van der Waals surface area contributed by atoms with Crippen molar-refractivity contribution in [3.05, 3.63) is 30.3 Å². The molecule has 0 aliphatic carbocycles. The Balaban J connectivity index is 2.15. The molecule has 17 heavy (non-hydrogen) atoms. The van der Waals surface area contributed by atoms with Crippen LogP contribution in [0.1, 0.15) is 26.7 Å². The number of Topliss-reactive ketones (excluding diaryl/α,β-unsaturated/α-hetero) is 1. The molecule has 0 aromatic heterocycles. The van der Waals surface area contributed by atoms with E-state index in [9.17, 15) is 4.79 Å². The van der Waals surface area contributed by atoms with E-state index in [1.165, 1.54) is 4.90 Å². The highest BCUT2D eigenvalue weighted by molar-refractivity contribution is 7.99. The molecule has 0 amide bonds. The third-order valence-corrected chi connectivity index (χ3v) is 3.29. The second-order valence-electron chi connectivity index (χ2n) is 4.09. The summed E-state index contributed by atoms with van der Waals surface area (Å²) in [5, 5.41) is 0. The predicted molar refractivity (Wildman–Crippen MR) is 74.0 cm³/mol. The molecule has 1 rings (SSSR count). The van der Waals surface area contributed by atoms with Crippen LogP contribution in [0.3, 0.4) is 0 Å². The standard InChI is InChI=1S/C15H18OS/c1-13(2)15(16)11-7-4-8-12-17-14-9-5-3-6-10-14/h3,5-6,9-10,13H,4,8,12H2,1-2H3. The van der Waals surface area contributed by atoms with E-state index in [0.717, 1.165) is 18.6 Å². The molecule has 2 heteroatoms. The van der Waals surface area contributed by atoms with Gasteiger partial charge in [-0.2, -0.15) is 0 Å². The largest absolute Gasteiger partial charge is 0.285 e. The van der Waals surface area contributed by atoms with Crippen LogP contribution >= 0.6 is 11.8 Å². The number of benzene rings is 1. The summed E-state index contributed by atoms with van der Waals surface area (Å²) in [7, 11) is 0. The maximum Gasteiger partial charge on any atom is 0.207 e. The Kier molecular flexibility index (Phi) is 6.50. The van der Waals surface area contributed by atoms with Gasteiger partial charge in [-0.1, -0.05) is 38.0 Å². The number of hydrogen-bond donors (Lipinski definition) is 0. The molecule has 0 saturated heterocycles. The Morgan fingerprint density at radius 2 is 2.00 bits per heavy atom. The van der Waals surface area contributed by atoms with Crippen LogP contribution in [0.5, 0.6) is 0 Å². The third kappa shape index (κ3) is 6.19. The average molecular weight is 246 g/mol. The number of hydrogen-bond acceptors (Lipinski definition) is 2. The number of carbonyl (C=O) groups is 1. The number of carbonyl (C=O) groups excluding carboxylic acids is 1.